The number of sulfonamides is 1. The maximum atomic E-state index is 13.3. The number of hydrogen-bond acceptors (Lipinski definition) is 6. The van der Waals surface area contributed by atoms with E-state index >= 15 is 0 Å². The first-order valence-corrected chi connectivity index (χ1v) is 12.0. The van der Waals surface area contributed by atoms with Gasteiger partial charge in [-0.3, -0.25) is 4.31 Å². The van der Waals surface area contributed by atoms with Gasteiger partial charge in [0.15, 0.2) is 0 Å². The summed E-state index contributed by atoms with van der Waals surface area (Å²) in [7, 11) is -1.96. The molecular weight excluding hydrogens is 475 g/mol. The number of anilines is 1. The highest BCUT2D eigenvalue weighted by atomic mass is 32.2. The molecule has 0 aliphatic heterocycles. The average Bonchev–Trinajstić information content (AvgIpc) is 3.55. The highest BCUT2D eigenvalue weighted by molar-refractivity contribution is 7.93. The number of carbonyl (C=O) groups is 1. The molecule has 0 atom stereocenters. The SMILES string of the molecule is CN(c1ccc(OCc2ccc(C(F)(F)F)c(O)c2C(=O)OC(C)(C)C)cc1)S(=O)(=O)C1CC1. The Hall–Kier alpha value is -2.95. The van der Waals surface area contributed by atoms with Gasteiger partial charge in [-0.1, -0.05) is 6.07 Å². The summed E-state index contributed by atoms with van der Waals surface area (Å²) in [4.78, 5) is 12.6. The molecule has 186 valence electrons. The molecule has 0 spiro atoms. The predicted molar refractivity (Wildman–Crippen MR) is 119 cm³/mol. The number of esters is 1. The molecule has 0 amide bonds. The summed E-state index contributed by atoms with van der Waals surface area (Å²) < 4.78 is 76.5. The van der Waals surface area contributed by atoms with E-state index in [2.05, 4.69) is 0 Å². The molecule has 0 heterocycles. The Morgan fingerprint density at radius 3 is 2.18 bits per heavy atom. The number of phenolic OH excluding ortho intramolecular Hbond substituents is 1. The zero-order valence-corrected chi connectivity index (χ0v) is 20.0. The number of rotatable bonds is 7. The number of alkyl halides is 3. The lowest BCUT2D eigenvalue weighted by Crippen LogP contribution is -2.29. The topological polar surface area (TPSA) is 93.1 Å². The van der Waals surface area contributed by atoms with Crippen LogP contribution in [0.2, 0.25) is 0 Å². The third kappa shape index (κ3) is 5.75. The van der Waals surface area contributed by atoms with Crippen LogP contribution in [0.15, 0.2) is 36.4 Å². The van der Waals surface area contributed by atoms with Crippen molar-refractivity contribution in [2.24, 2.45) is 0 Å². The van der Waals surface area contributed by atoms with E-state index in [4.69, 9.17) is 9.47 Å². The van der Waals surface area contributed by atoms with Gasteiger partial charge in [0.05, 0.1) is 16.5 Å². The van der Waals surface area contributed by atoms with Gasteiger partial charge in [-0.05, 0) is 63.9 Å². The second-order valence-electron chi connectivity index (χ2n) is 8.99. The van der Waals surface area contributed by atoms with E-state index in [0.717, 1.165) is 6.07 Å². The second kappa shape index (κ2) is 9.01. The Morgan fingerprint density at radius 1 is 1.09 bits per heavy atom. The van der Waals surface area contributed by atoms with Crippen molar-refractivity contribution in [2.75, 3.05) is 11.4 Å². The quantitative estimate of drug-likeness (QED) is 0.544. The Kier molecular flexibility index (Phi) is 6.80. The third-order valence-corrected chi connectivity index (χ3v) is 7.38. The van der Waals surface area contributed by atoms with Crippen LogP contribution in [0.1, 0.15) is 55.1 Å². The van der Waals surface area contributed by atoms with Crippen molar-refractivity contribution in [3.05, 3.63) is 53.1 Å². The monoisotopic (exact) mass is 501 g/mol. The summed E-state index contributed by atoms with van der Waals surface area (Å²) >= 11 is 0. The molecule has 1 fully saturated rings. The Morgan fingerprint density at radius 2 is 1.68 bits per heavy atom. The van der Waals surface area contributed by atoms with Gasteiger partial charge in [-0.2, -0.15) is 13.2 Å². The smallest absolute Gasteiger partial charge is 0.419 e. The van der Waals surface area contributed by atoms with Crippen LogP contribution >= 0.6 is 0 Å². The predicted octanol–water partition coefficient (Wildman–Crippen LogP) is 4.87. The van der Waals surface area contributed by atoms with Gasteiger partial charge in [-0.15, -0.1) is 0 Å². The molecule has 2 aromatic rings. The summed E-state index contributed by atoms with van der Waals surface area (Å²) in [6.45, 7) is 4.31. The van der Waals surface area contributed by atoms with Crippen LogP contribution in [0, 0.1) is 0 Å². The molecule has 1 saturated carbocycles. The number of hydrogen-bond donors (Lipinski definition) is 1. The molecule has 2 aromatic carbocycles. The van der Waals surface area contributed by atoms with Crippen LogP contribution < -0.4 is 9.04 Å². The first-order valence-electron chi connectivity index (χ1n) is 10.5. The van der Waals surface area contributed by atoms with Crippen LogP contribution in [-0.2, 0) is 27.5 Å². The highest BCUT2D eigenvalue weighted by Crippen LogP contribution is 2.40. The van der Waals surface area contributed by atoms with Crippen LogP contribution in [-0.4, -0.2) is 37.4 Å². The van der Waals surface area contributed by atoms with Gasteiger partial charge in [0, 0.05) is 12.6 Å². The molecule has 1 aliphatic carbocycles. The number of ether oxygens (including phenoxy) is 2. The summed E-state index contributed by atoms with van der Waals surface area (Å²) in [6.07, 6.45) is -3.61. The molecule has 0 unspecified atom stereocenters. The first-order chi connectivity index (χ1) is 15.6. The van der Waals surface area contributed by atoms with Gasteiger partial charge in [-0.25, -0.2) is 13.2 Å². The van der Waals surface area contributed by atoms with E-state index in [1.807, 2.05) is 0 Å². The lowest BCUT2D eigenvalue weighted by atomic mass is 10.0. The molecule has 0 bridgehead atoms. The van der Waals surface area contributed by atoms with E-state index in [1.54, 1.807) is 20.8 Å². The standard InChI is InChI=1S/C23H26F3NO6S/c1-22(2,3)33-21(29)19-14(5-12-18(20(19)28)23(24,25)26)13-32-16-8-6-15(7-9-16)27(4)34(30,31)17-10-11-17/h5-9,12,17,28H,10-11,13H2,1-4H3. The zero-order valence-electron chi connectivity index (χ0n) is 19.1. The first kappa shape index (κ1) is 25.7. The maximum absolute atomic E-state index is 13.3. The fourth-order valence-electron chi connectivity index (χ4n) is 3.19. The van der Waals surface area contributed by atoms with Crippen molar-refractivity contribution in [1.29, 1.82) is 0 Å². The van der Waals surface area contributed by atoms with Crippen LogP contribution in [0.25, 0.3) is 0 Å². The summed E-state index contributed by atoms with van der Waals surface area (Å²) in [5.41, 5.74) is -2.56. The van der Waals surface area contributed by atoms with Crippen molar-refractivity contribution < 1.29 is 41.0 Å². The molecule has 1 aliphatic rings. The number of carbonyl (C=O) groups excluding carboxylic acids is 1. The van der Waals surface area contributed by atoms with Crippen molar-refractivity contribution in [1.82, 2.24) is 0 Å². The summed E-state index contributed by atoms with van der Waals surface area (Å²) in [6, 6.07) is 7.80. The Balaban J connectivity index is 1.83. The van der Waals surface area contributed by atoms with Gasteiger partial charge < -0.3 is 14.6 Å². The van der Waals surface area contributed by atoms with E-state index in [9.17, 15) is 31.5 Å². The summed E-state index contributed by atoms with van der Waals surface area (Å²) in [5.74, 6) is -2.06. The molecule has 0 saturated heterocycles. The third-order valence-electron chi connectivity index (χ3n) is 5.09. The number of nitrogens with zero attached hydrogens (tertiary/aromatic N) is 1. The Bertz CT molecular complexity index is 1170. The lowest BCUT2D eigenvalue weighted by molar-refractivity contribution is -0.138. The minimum Gasteiger partial charge on any atom is -0.506 e. The van der Waals surface area contributed by atoms with Crippen LogP contribution in [0.4, 0.5) is 18.9 Å². The van der Waals surface area contributed by atoms with Crippen molar-refractivity contribution in [2.45, 2.75) is 57.2 Å². The molecule has 34 heavy (non-hydrogen) atoms. The van der Waals surface area contributed by atoms with E-state index in [-0.39, 0.29) is 23.2 Å². The van der Waals surface area contributed by atoms with Gasteiger partial charge in [0.2, 0.25) is 10.0 Å². The van der Waals surface area contributed by atoms with E-state index < -0.39 is 44.6 Å². The van der Waals surface area contributed by atoms with Crippen molar-refractivity contribution in [3.63, 3.8) is 0 Å². The van der Waals surface area contributed by atoms with E-state index in [1.165, 1.54) is 35.6 Å². The summed E-state index contributed by atoms with van der Waals surface area (Å²) in [5, 5.41) is 9.89. The van der Waals surface area contributed by atoms with E-state index in [0.29, 0.717) is 24.6 Å². The number of phenols is 1. The molecule has 3 rings (SSSR count). The number of halogens is 3. The second-order valence-corrected chi connectivity index (χ2v) is 11.2. The zero-order chi connectivity index (χ0) is 25.5. The molecule has 1 N–H and O–H groups in total. The maximum Gasteiger partial charge on any atom is 0.419 e. The average molecular weight is 502 g/mol. The van der Waals surface area contributed by atoms with Gasteiger partial charge in [0.1, 0.15) is 29.3 Å². The Labute approximate surface area is 196 Å². The minimum absolute atomic E-state index is 0.00254. The molecule has 11 heteroatoms. The van der Waals surface area contributed by atoms with Gasteiger partial charge >= 0.3 is 12.1 Å². The lowest BCUT2D eigenvalue weighted by Gasteiger charge is -2.22. The minimum atomic E-state index is -4.87. The largest absolute Gasteiger partial charge is 0.506 e. The molecular formula is C23H26F3NO6S. The van der Waals surface area contributed by atoms with Gasteiger partial charge in [0.25, 0.3) is 0 Å². The van der Waals surface area contributed by atoms with Crippen molar-refractivity contribution >= 4 is 21.7 Å². The number of aromatic hydroxyl groups is 1. The molecule has 0 radical (unpaired) electrons. The molecule has 7 nitrogen and oxygen atoms in total. The molecule has 0 aromatic heterocycles. The van der Waals surface area contributed by atoms with Crippen LogP contribution in [0.3, 0.4) is 0 Å². The van der Waals surface area contributed by atoms with Crippen LogP contribution in [0.5, 0.6) is 11.5 Å². The highest BCUT2D eigenvalue weighted by Gasteiger charge is 2.39. The number of benzene rings is 2. The fourth-order valence-corrected chi connectivity index (χ4v) is 4.78. The fraction of sp³-hybridized carbons (Fsp3) is 0.435. The normalized spacial score (nSPS) is 14.6. The van der Waals surface area contributed by atoms with Crippen molar-refractivity contribution in [3.8, 4) is 11.5 Å².